The van der Waals surface area contributed by atoms with Crippen LogP contribution >= 0.6 is 0 Å². The molecule has 2 aromatic heterocycles. The van der Waals surface area contributed by atoms with E-state index in [9.17, 15) is 20.0 Å². The molecule has 0 atom stereocenters. The molecule has 2 amide bonds. The van der Waals surface area contributed by atoms with Crippen molar-refractivity contribution in [1.82, 2.24) is 20.3 Å². The van der Waals surface area contributed by atoms with Gasteiger partial charge in [-0.15, -0.1) is 0 Å². The Hall–Kier alpha value is -5.75. The molecule has 9 nitrogen and oxygen atoms in total. The third-order valence-corrected chi connectivity index (χ3v) is 6.25. The molecule has 4 N–H and O–H groups in total. The number of rotatable bonds is 8. The fourth-order valence-electron chi connectivity index (χ4n) is 4.24. The van der Waals surface area contributed by atoms with E-state index in [0.29, 0.717) is 46.5 Å². The number of phenolic OH excluding ortho intramolecular Hbond substituents is 1. The lowest BCUT2D eigenvalue weighted by atomic mass is 9.96. The van der Waals surface area contributed by atoms with Crippen molar-refractivity contribution in [2.45, 2.75) is 6.42 Å². The molecular weight excluding hydrogens is 504 g/mol. The largest absolute Gasteiger partial charge is 0.507 e. The molecule has 0 aliphatic rings. The maximum absolute atomic E-state index is 13.0. The minimum Gasteiger partial charge on any atom is -0.507 e. The van der Waals surface area contributed by atoms with E-state index in [2.05, 4.69) is 31.7 Å². The van der Waals surface area contributed by atoms with Gasteiger partial charge in [0.05, 0.1) is 12.0 Å². The Balaban J connectivity index is 1.53. The Kier molecular flexibility index (Phi) is 7.60. The predicted octanol–water partition coefficient (Wildman–Crippen LogP) is 4.94. The summed E-state index contributed by atoms with van der Waals surface area (Å²) in [6.45, 7) is 0.414. The Labute approximate surface area is 230 Å². The number of H-pyrrole nitrogens is 1. The molecule has 0 aliphatic carbocycles. The molecule has 0 radical (unpaired) electrons. The Morgan fingerprint density at radius 3 is 2.42 bits per heavy atom. The van der Waals surface area contributed by atoms with Crippen molar-refractivity contribution in [3.63, 3.8) is 0 Å². The second-order valence-electron chi connectivity index (χ2n) is 8.89. The maximum Gasteiger partial charge on any atom is 0.256 e. The second kappa shape index (κ2) is 11.8. The summed E-state index contributed by atoms with van der Waals surface area (Å²) in [6.07, 6.45) is 3.89. The lowest BCUT2D eigenvalue weighted by Crippen LogP contribution is -2.25. The molecule has 9 heteroatoms. The van der Waals surface area contributed by atoms with E-state index in [0.717, 1.165) is 5.69 Å². The smallest absolute Gasteiger partial charge is 0.256 e. The average Bonchev–Trinajstić information content (AvgIpc) is 3.51. The Bertz CT molecular complexity index is 1710. The zero-order chi connectivity index (χ0) is 27.9. The van der Waals surface area contributed by atoms with Gasteiger partial charge >= 0.3 is 0 Å². The van der Waals surface area contributed by atoms with E-state index in [1.807, 2.05) is 0 Å². The number of nitriles is 1. The van der Waals surface area contributed by atoms with Crippen LogP contribution in [-0.4, -0.2) is 38.4 Å². The molecular formula is C31H24N6O3. The number of aromatic hydroxyl groups is 1. The summed E-state index contributed by atoms with van der Waals surface area (Å²) in [6, 6.07) is 26.0. The average molecular weight is 529 g/mol. The monoisotopic (exact) mass is 528 g/mol. The number of imidazole rings is 1. The second-order valence-corrected chi connectivity index (χ2v) is 8.89. The number of phenols is 1. The molecule has 0 fully saturated rings. The molecule has 5 aromatic rings. The molecule has 0 unspecified atom stereocenters. The number of anilines is 1. The number of hydrogen-bond donors (Lipinski definition) is 4. The van der Waals surface area contributed by atoms with Gasteiger partial charge in [-0.1, -0.05) is 42.5 Å². The lowest BCUT2D eigenvalue weighted by molar-refractivity contribution is 0.0953. The van der Waals surface area contributed by atoms with Crippen LogP contribution in [0.25, 0.3) is 22.4 Å². The standard InChI is InChI=1S/C31H24N6O3/c32-17-26-25(21-9-6-10-22(15-21)30(39)34-14-13-23-18-33-19-35-23)16-27(24-11-4-5-12-28(24)38)36-29(26)37-31(40)20-7-2-1-3-8-20/h1-12,15-16,18-19,38H,13-14H2,(H,33,35)(H,34,39)(H,36,37,40). The zero-order valence-electron chi connectivity index (χ0n) is 21.3. The van der Waals surface area contributed by atoms with Crippen molar-refractivity contribution in [3.05, 3.63) is 120 Å². The molecule has 0 spiro atoms. The molecule has 2 heterocycles. The van der Waals surface area contributed by atoms with Crippen molar-refractivity contribution < 1.29 is 14.7 Å². The van der Waals surface area contributed by atoms with Gasteiger partial charge in [-0.05, 0) is 48.0 Å². The molecule has 3 aromatic carbocycles. The normalized spacial score (nSPS) is 10.5. The maximum atomic E-state index is 13.0. The molecule has 40 heavy (non-hydrogen) atoms. The lowest BCUT2D eigenvalue weighted by Gasteiger charge is -2.15. The van der Waals surface area contributed by atoms with Crippen LogP contribution in [0.5, 0.6) is 5.75 Å². The first kappa shape index (κ1) is 25.9. The summed E-state index contributed by atoms with van der Waals surface area (Å²) in [5.74, 6) is -0.666. The molecule has 0 saturated carbocycles. The highest BCUT2D eigenvalue weighted by Gasteiger charge is 2.20. The summed E-state index contributed by atoms with van der Waals surface area (Å²) >= 11 is 0. The molecule has 5 rings (SSSR count). The van der Waals surface area contributed by atoms with E-state index >= 15 is 0 Å². The first-order chi connectivity index (χ1) is 19.5. The number of carbonyl (C=O) groups excluding carboxylic acids is 2. The van der Waals surface area contributed by atoms with Gasteiger partial charge in [0, 0.05) is 47.1 Å². The quantitative estimate of drug-likeness (QED) is 0.225. The number of para-hydroxylation sites is 1. The fourth-order valence-corrected chi connectivity index (χ4v) is 4.24. The van der Waals surface area contributed by atoms with Crippen LogP contribution in [0.4, 0.5) is 5.82 Å². The number of aromatic nitrogens is 3. The highest BCUT2D eigenvalue weighted by Crippen LogP contribution is 2.35. The molecule has 0 aliphatic heterocycles. The number of nitrogens with zero attached hydrogens (tertiary/aromatic N) is 3. The topological polar surface area (TPSA) is 144 Å². The summed E-state index contributed by atoms with van der Waals surface area (Å²) in [4.78, 5) is 37.4. The predicted molar refractivity (Wildman–Crippen MR) is 151 cm³/mol. The van der Waals surface area contributed by atoms with Crippen molar-refractivity contribution in [2.24, 2.45) is 0 Å². The SMILES string of the molecule is N#Cc1c(-c2cccc(C(=O)NCCc3cnc[nH]3)c2)cc(-c2ccccc2O)nc1NC(=O)c1ccccc1. The Morgan fingerprint density at radius 2 is 1.68 bits per heavy atom. The number of carbonyl (C=O) groups is 2. The highest BCUT2D eigenvalue weighted by atomic mass is 16.3. The molecule has 0 bridgehead atoms. The van der Waals surface area contributed by atoms with E-state index < -0.39 is 5.91 Å². The van der Waals surface area contributed by atoms with Gasteiger partial charge in [-0.25, -0.2) is 9.97 Å². The van der Waals surface area contributed by atoms with E-state index in [1.165, 1.54) is 6.07 Å². The number of hydrogen-bond acceptors (Lipinski definition) is 6. The van der Waals surface area contributed by atoms with Gasteiger partial charge in [-0.3, -0.25) is 9.59 Å². The summed E-state index contributed by atoms with van der Waals surface area (Å²) in [5, 5.41) is 26.3. The van der Waals surface area contributed by atoms with Crippen LogP contribution in [0.15, 0.2) is 97.5 Å². The van der Waals surface area contributed by atoms with Crippen molar-refractivity contribution >= 4 is 17.6 Å². The zero-order valence-corrected chi connectivity index (χ0v) is 21.3. The molecule has 0 saturated heterocycles. The number of pyridine rings is 1. The van der Waals surface area contributed by atoms with Gasteiger partial charge in [0.2, 0.25) is 0 Å². The van der Waals surface area contributed by atoms with Gasteiger partial charge in [0.1, 0.15) is 17.4 Å². The molecule has 196 valence electrons. The first-order valence-electron chi connectivity index (χ1n) is 12.5. The number of nitrogens with one attached hydrogen (secondary N) is 3. The van der Waals surface area contributed by atoms with Crippen molar-refractivity contribution in [2.75, 3.05) is 11.9 Å². The minimum absolute atomic E-state index is 0.00334. The van der Waals surface area contributed by atoms with Crippen LogP contribution in [0.3, 0.4) is 0 Å². The van der Waals surface area contributed by atoms with Gasteiger partial charge in [0.25, 0.3) is 11.8 Å². The van der Waals surface area contributed by atoms with Crippen LogP contribution in [-0.2, 0) is 6.42 Å². The van der Waals surface area contributed by atoms with Crippen LogP contribution in [0.1, 0.15) is 32.0 Å². The third kappa shape index (κ3) is 5.71. The fraction of sp³-hybridized carbons (Fsp3) is 0.0645. The van der Waals surface area contributed by atoms with Crippen LogP contribution in [0, 0.1) is 11.3 Å². The summed E-state index contributed by atoms with van der Waals surface area (Å²) in [7, 11) is 0. The number of benzene rings is 3. The van der Waals surface area contributed by atoms with Crippen LogP contribution in [0.2, 0.25) is 0 Å². The van der Waals surface area contributed by atoms with E-state index in [1.54, 1.807) is 91.4 Å². The van der Waals surface area contributed by atoms with E-state index in [4.69, 9.17) is 0 Å². The summed E-state index contributed by atoms with van der Waals surface area (Å²) < 4.78 is 0. The van der Waals surface area contributed by atoms with E-state index in [-0.39, 0.29) is 23.0 Å². The van der Waals surface area contributed by atoms with Gasteiger partial charge in [0.15, 0.2) is 5.82 Å². The number of amides is 2. The van der Waals surface area contributed by atoms with Crippen molar-refractivity contribution in [1.29, 1.82) is 5.26 Å². The third-order valence-electron chi connectivity index (χ3n) is 6.25. The van der Waals surface area contributed by atoms with Crippen LogP contribution < -0.4 is 10.6 Å². The van der Waals surface area contributed by atoms with Gasteiger partial charge < -0.3 is 20.7 Å². The summed E-state index contributed by atoms with van der Waals surface area (Å²) in [5.41, 5.74) is 3.64. The van der Waals surface area contributed by atoms with Gasteiger partial charge in [-0.2, -0.15) is 5.26 Å². The minimum atomic E-state index is -0.435. The number of aromatic amines is 1. The van der Waals surface area contributed by atoms with Crippen molar-refractivity contribution in [3.8, 4) is 34.2 Å². The first-order valence-corrected chi connectivity index (χ1v) is 12.5. The Morgan fingerprint density at radius 1 is 0.900 bits per heavy atom. The highest BCUT2D eigenvalue weighted by molar-refractivity contribution is 6.05.